The second-order valence-corrected chi connectivity index (χ2v) is 6.61. The maximum atomic E-state index is 3.60. The minimum atomic E-state index is 0.504. The summed E-state index contributed by atoms with van der Waals surface area (Å²) in [6.45, 7) is 6.01. The fourth-order valence-electron chi connectivity index (χ4n) is 4.38. The first kappa shape index (κ1) is 13.3. The Kier molecular flexibility index (Phi) is 3.44. The first-order valence-corrected chi connectivity index (χ1v) is 8.29. The molecule has 2 aliphatic rings. The van der Waals surface area contributed by atoms with E-state index in [1.807, 2.05) is 0 Å². The Labute approximate surface area is 127 Å². The van der Waals surface area contributed by atoms with Crippen LogP contribution in [0, 0.1) is 5.92 Å². The van der Waals surface area contributed by atoms with Crippen molar-refractivity contribution in [2.45, 2.75) is 31.8 Å². The lowest BCUT2D eigenvalue weighted by Gasteiger charge is -2.41. The van der Waals surface area contributed by atoms with Gasteiger partial charge in [0.25, 0.3) is 0 Å². The molecule has 0 aliphatic carbocycles. The molecular formula is C19H24N2. The summed E-state index contributed by atoms with van der Waals surface area (Å²) in [5, 5.41) is 6.37. The summed E-state index contributed by atoms with van der Waals surface area (Å²) in [4.78, 5) is 2.75. The molecule has 2 heteroatoms. The molecule has 0 radical (unpaired) electrons. The third-order valence-electron chi connectivity index (χ3n) is 5.49. The van der Waals surface area contributed by atoms with Crippen LogP contribution in [0.25, 0.3) is 10.8 Å². The molecular weight excluding hydrogens is 256 g/mol. The lowest BCUT2D eigenvalue weighted by molar-refractivity contribution is 0.0853. The van der Waals surface area contributed by atoms with Crippen LogP contribution in [-0.2, 0) is 0 Å². The van der Waals surface area contributed by atoms with Gasteiger partial charge in [0.2, 0.25) is 0 Å². The van der Waals surface area contributed by atoms with E-state index in [0.29, 0.717) is 6.04 Å². The lowest BCUT2D eigenvalue weighted by Crippen LogP contribution is -2.46. The van der Waals surface area contributed by atoms with Crippen LogP contribution in [-0.4, -0.2) is 30.6 Å². The van der Waals surface area contributed by atoms with E-state index in [9.17, 15) is 0 Å². The molecule has 110 valence electrons. The van der Waals surface area contributed by atoms with Gasteiger partial charge in [0.1, 0.15) is 0 Å². The van der Waals surface area contributed by atoms with E-state index in [-0.39, 0.29) is 0 Å². The van der Waals surface area contributed by atoms with Crippen LogP contribution in [0.2, 0.25) is 0 Å². The summed E-state index contributed by atoms with van der Waals surface area (Å²) in [6.07, 6.45) is 2.74. The highest BCUT2D eigenvalue weighted by Gasteiger charge is 2.37. The monoisotopic (exact) mass is 280 g/mol. The number of nitrogens with zero attached hydrogens (tertiary/aromatic N) is 1. The summed E-state index contributed by atoms with van der Waals surface area (Å²) in [6, 6.07) is 16.8. The van der Waals surface area contributed by atoms with Gasteiger partial charge >= 0.3 is 0 Å². The van der Waals surface area contributed by atoms with E-state index in [4.69, 9.17) is 0 Å². The van der Waals surface area contributed by atoms with E-state index in [1.54, 1.807) is 0 Å². The largest absolute Gasteiger partial charge is 0.315 e. The molecule has 0 bridgehead atoms. The predicted molar refractivity (Wildman–Crippen MR) is 88.5 cm³/mol. The van der Waals surface area contributed by atoms with Crippen molar-refractivity contribution in [3.63, 3.8) is 0 Å². The zero-order valence-corrected chi connectivity index (χ0v) is 12.8. The van der Waals surface area contributed by atoms with Gasteiger partial charge in [0.05, 0.1) is 0 Å². The van der Waals surface area contributed by atoms with Gasteiger partial charge in [-0.25, -0.2) is 0 Å². The minimum absolute atomic E-state index is 0.504. The van der Waals surface area contributed by atoms with E-state index < -0.39 is 0 Å². The Balaban J connectivity index is 1.71. The number of likely N-dealkylation sites (tertiary alicyclic amines) is 1. The van der Waals surface area contributed by atoms with Crippen LogP contribution < -0.4 is 5.32 Å². The van der Waals surface area contributed by atoms with E-state index >= 15 is 0 Å². The number of rotatable bonds is 2. The highest BCUT2D eigenvalue weighted by atomic mass is 15.2. The molecule has 0 amide bonds. The molecule has 3 atom stereocenters. The third kappa shape index (κ3) is 2.27. The molecule has 4 rings (SSSR count). The second-order valence-electron chi connectivity index (χ2n) is 6.61. The molecule has 2 aromatic rings. The van der Waals surface area contributed by atoms with Crippen LogP contribution in [0.1, 0.15) is 31.4 Å². The summed E-state index contributed by atoms with van der Waals surface area (Å²) in [5.41, 5.74) is 1.49. The molecule has 2 nitrogen and oxygen atoms in total. The Morgan fingerprint density at radius 3 is 2.90 bits per heavy atom. The molecule has 2 fully saturated rings. The molecule has 3 unspecified atom stereocenters. The summed E-state index contributed by atoms with van der Waals surface area (Å²) < 4.78 is 0. The van der Waals surface area contributed by atoms with Crippen molar-refractivity contribution in [2.75, 3.05) is 19.6 Å². The molecule has 2 aliphatic heterocycles. The standard InChI is InChI=1S/C19H24N2/c1-14(21-11-5-8-16-12-20-13-19(16)21)17-10-4-7-15-6-2-3-9-18(15)17/h2-4,6-7,9-10,14,16,19-20H,5,8,11-13H2,1H3. The molecule has 1 N–H and O–H groups in total. The van der Waals surface area contributed by atoms with Crippen LogP contribution >= 0.6 is 0 Å². The number of hydrogen-bond donors (Lipinski definition) is 1. The SMILES string of the molecule is CC(c1cccc2ccccc12)N1CCCC2CNCC21. The molecule has 0 aromatic heterocycles. The topological polar surface area (TPSA) is 15.3 Å². The average Bonchev–Trinajstić information content (AvgIpc) is 3.02. The molecule has 2 heterocycles. The Morgan fingerprint density at radius 1 is 1.10 bits per heavy atom. The zero-order valence-electron chi connectivity index (χ0n) is 12.8. The number of fused-ring (bicyclic) bond motifs is 2. The quantitative estimate of drug-likeness (QED) is 0.904. The lowest BCUT2D eigenvalue weighted by atomic mass is 9.89. The van der Waals surface area contributed by atoms with Crippen LogP contribution in [0.15, 0.2) is 42.5 Å². The normalized spacial score (nSPS) is 27.7. The van der Waals surface area contributed by atoms with Crippen molar-refractivity contribution in [1.29, 1.82) is 0 Å². The molecule has 21 heavy (non-hydrogen) atoms. The highest BCUT2D eigenvalue weighted by Crippen LogP contribution is 2.35. The highest BCUT2D eigenvalue weighted by molar-refractivity contribution is 5.86. The van der Waals surface area contributed by atoms with Gasteiger partial charge in [-0.05, 0) is 55.1 Å². The van der Waals surface area contributed by atoms with Gasteiger partial charge in [-0.3, -0.25) is 4.90 Å². The predicted octanol–water partition coefficient (Wildman–Crippen LogP) is 3.58. The summed E-state index contributed by atoms with van der Waals surface area (Å²) >= 11 is 0. The maximum Gasteiger partial charge on any atom is 0.0329 e. The zero-order chi connectivity index (χ0) is 14.2. The summed E-state index contributed by atoms with van der Waals surface area (Å²) in [7, 11) is 0. The maximum absolute atomic E-state index is 3.60. The van der Waals surface area contributed by atoms with E-state index in [0.717, 1.165) is 12.0 Å². The van der Waals surface area contributed by atoms with Crippen molar-refractivity contribution in [3.8, 4) is 0 Å². The van der Waals surface area contributed by atoms with E-state index in [2.05, 4.69) is 59.6 Å². The fraction of sp³-hybridized carbons (Fsp3) is 0.474. The molecule has 2 saturated heterocycles. The van der Waals surface area contributed by atoms with Crippen molar-refractivity contribution in [3.05, 3.63) is 48.0 Å². The van der Waals surface area contributed by atoms with Crippen molar-refractivity contribution in [1.82, 2.24) is 10.2 Å². The molecule has 0 saturated carbocycles. The number of hydrogen-bond acceptors (Lipinski definition) is 2. The minimum Gasteiger partial charge on any atom is -0.315 e. The van der Waals surface area contributed by atoms with Gasteiger partial charge < -0.3 is 5.32 Å². The first-order chi connectivity index (χ1) is 10.3. The van der Waals surface area contributed by atoms with Gasteiger partial charge in [0.15, 0.2) is 0 Å². The molecule has 2 aromatic carbocycles. The Bertz CT molecular complexity index is 631. The number of piperidine rings is 1. The fourth-order valence-corrected chi connectivity index (χ4v) is 4.38. The molecule has 0 spiro atoms. The van der Waals surface area contributed by atoms with Crippen molar-refractivity contribution < 1.29 is 0 Å². The van der Waals surface area contributed by atoms with Gasteiger partial charge in [-0.2, -0.15) is 0 Å². The van der Waals surface area contributed by atoms with E-state index in [1.165, 1.54) is 48.8 Å². The van der Waals surface area contributed by atoms with Crippen LogP contribution in [0.4, 0.5) is 0 Å². The van der Waals surface area contributed by atoms with Crippen molar-refractivity contribution >= 4 is 10.8 Å². The second kappa shape index (κ2) is 5.43. The van der Waals surface area contributed by atoms with Crippen LogP contribution in [0.3, 0.4) is 0 Å². The number of nitrogens with one attached hydrogen (secondary N) is 1. The average molecular weight is 280 g/mol. The van der Waals surface area contributed by atoms with Crippen LogP contribution in [0.5, 0.6) is 0 Å². The first-order valence-electron chi connectivity index (χ1n) is 8.29. The van der Waals surface area contributed by atoms with Gasteiger partial charge in [0, 0.05) is 18.6 Å². The third-order valence-corrected chi connectivity index (χ3v) is 5.49. The summed E-state index contributed by atoms with van der Waals surface area (Å²) in [5.74, 6) is 0.858. The smallest absolute Gasteiger partial charge is 0.0329 e. The van der Waals surface area contributed by atoms with Gasteiger partial charge in [-0.15, -0.1) is 0 Å². The Morgan fingerprint density at radius 2 is 1.95 bits per heavy atom. The van der Waals surface area contributed by atoms with Gasteiger partial charge in [-0.1, -0.05) is 42.5 Å². The Hall–Kier alpha value is -1.38. The van der Waals surface area contributed by atoms with Crippen molar-refractivity contribution in [2.24, 2.45) is 5.92 Å². The number of benzene rings is 2.